The number of carboxylic acids is 1. The molecule has 0 aliphatic carbocycles. The van der Waals surface area contributed by atoms with E-state index in [-0.39, 0.29) is 5.92 Å². The van der Waals surface area contributed by atoms with Crippen LogP contribution in [0.1, 0.15) is 24.5 Å². The van der Waals surface area contributed by atoms with E-state index in [0.29, 0.717) is 6.54 Å². The highest BCUT2D eigenvalue weighted by atomic mass is 32.1. The Bertz CT molecular complexity index is 350. The van der Waals surface area contributed by atoms with Gasteiger partial charge in [-0.15, -0.1) is 11.3 Å². The molecule has 5 heteroatoms. The normalized spacial score (nSPS) is 13.0. The maximum Gasteiger partial charge on any atom is 0.320 e. The van der Waals surface area contributed by atoms with Gasteiger partial charge in [0.2, 0.25) is 0 Å². The van der Waals surface area contributed by atoms with Crippen LogP contribution in [0.25, 0.3) is 0 Å². The average molecular weight is 242 g/mol. The lowest BCUT2D eigenvalue weighted by molar-refractivity contribution is -0.140. The van der Waals surface area contributed by atoms with Gasteiger partial charge >= 0.3 is 5.97 Å². The fourth-order valence-electron chi connectivity index (χ4n) is 1.49. The van der Waals surface area contributed by atoms with Crippen LogP contribution in [0.4, 0.5) is 0 Å². The molecule has 0 bridgehead atoms. The average Bonchev–Trinajstić information content (AvgIpc) is 2.57. The molecule has 0 saturated heterocycles. The van der Waals surface area contributed by atoms with E-state index in [2.05, 4.69) is 10.3 Å². The zero-order valence-corrected chi connectivity index (χ0v) is 10.7. The van der Waals surface area contributed by atoms with Gasteiger partial charge in [0.25, 0.3) is 0 Å². The van der Waals surface area contributed by atoms with E-state index in [0.717, 1.165) is 17.1 Å². The van der Waals surface area contributed by atoms with Crippen molar-refractivity contribution in [1.29, 1.82) is 0 Å². The number of nitrogens with zero attached hydrogens (tertiary/aromatic N) is 1. The Morgan fingerprint density at radius 2 is 2.31 bits per heavy atom. The van der Waals surface area contributed by atoms with Crippen molar-refractivity contribution in [2.24, 2.45) is 5.92 Å². The monoisotopic (exact) mass is 242 g/mol. The van der Waals surface area contributed by atoms with Crippen LogP contribution in [0.2, 0.25) is 0 Å². The van der Waals surface area contributed by atoms with Gasteiger partial charge in [-0.1, -0.05) is 13.8 Å². The van der Waals surface area contributed by atoms with Gasteiger partial charge in [-0.3, -0.25) is 4.79 Å². The number of rotatable bonds is 6. The van der Waals surface area contributed by atoms with Crippen molar-refractivity contribution in [3.05, 3.63) is 16.1 Å². The summed E-state index contributed by atoms with van der Waals surface area (Å²) in [7, 11) is 0. The molecule has 1 aromatic heterocycles. The Morgan fingerprint density at radius 3 is 2.75 bits per heavy atom. The fourth-order valence-corrected chi connectivity index (χ4v) is 2.13. The van der Waals surface area contributed by atoms with E-state index in [1.165, 1.54) is 0 Å². The van der Waals surface area contributed by atoms with Crippen molar-refractivity contribution in [3.8, 4) is 0 Å². The highest BCUT2D eigenvalue weighted by molar-refractivity contribution is 7.09. The van der Waals surface area contributed by atoms with Crippen LogP contribution >= 0.6 is 11.3 Å². The van der Waals surface area contributed by atoms with Crippen molar-refractivity contribution in [2.75, 3.05) is 6.54 Å². The van der Waals surface area contributed by atoms with E-state index in [1.807, 2.05) is 26.2 Å². The minimum absolute atomic E-state index is 0.0923. The molecule has 0 spiro atoms. The van der Waals surface area contributed by atoms with Crippen molar-refractivity contribution < 1.29 is 9.90 Å². The predicted octanol–water partition coefficient (Wildman–Crippen LogP) is 1.69. The fraction of sp³-hybridized carbons (Fsp3) is 0.636. The number of carbonyl (C=O) groups is 1. The van der Waals surface area contributed by atoms with Crippen molar-refractivity contribution in [1.82, 2.24) is 10.3 Å². The van der Waals surface area contributed by atoms with Crippen LogP contribution in [-0.2, 0) is 11.2 Å². The molecular weight excluding hydrogens is 224 g/mol. The number of aliphatic carboxylic acids is 1. The molecule has 1 rings (SSSR count). The summed E-state index contributed by atoms with van der Waals surface area (Å²) in [4.78, 5) is 15.2. The molecule has 0 saturated carbocycles. The molecule has 4 nitrogen and oxygen atoms in total. The second kappa shape index (κ2) is 5.96. The summed E-state index contributed by atoms with van der Waals surface area (Å²) in [5, 5.41) is 15.1. The molecule has 0 aliphatic rings. The molecule has 0 fully saturated rings. The van der Waals surface area contributed by atoms with Gasteiger partial charge < -0.3 is 10.4 Å². The van der Waals surface area contributed by atoms with E-state index < -0.39 is 12.0 Å². The number of carboxylic acid groups (broad SMARTS) is 1. The zero-order valence-electron chi connectivity index (χ0n) is 9.86. The molecule has 16 heavy (non-hydrogen) atoms. The van der Waals surface area contributed by atoms with E-state index in [4.69, 9.17) is 5.11 Å². The Labute approximate surface area is 99.7 Å². The number of nitrogens with one attached hydrogen (secondary N) is 1. The summed E-state index contributed by atoms with van der Waals surface area (Å²) in [5.41, 5.74) is 1.03. The van der Waals surface area contributed by atoms with Crippen LogP contribution in [0.3, 0.4) is 0 Å². The molecule has 0 aliphatic heterocycles. The van der Waals surface area contributed by atoms with E-state index >= 15 is 0 Å². The summed E-state index contributed by atoms with van der Waals surface area (Å²) < 4.78 is 0. The summed E-state index contributed by atoms with van der Waals surface area (Å²) in [6.45, 7) is 6.42. The lowest BCUT2D eigenvalue weighted by Gasteiger charge is -2.17. The SMILES string of the molecule is Cc1nc(CCNC(C(=O)O)C(C)C)cs1. The molecule has 1 unspecified atom stereocenters. The Hall–Kier alpha value is -0.940. The first-order valence-electron chi connectivity index (χ1n) is 5.38. The van der Waals surface area contributed by atoms with Crippen LogP contribution in [-0.4, -0.2) is 28.6 Å². The largest absolute Gasteiger partial charge is 0.480 e. The maximum absolute atomic E-state index is 10.9. The van der Waals surface area contributed by atoms with Crippen molar-refractivity contribution in [2.45, 2.75) is 33.2 Å². The Morgan fingerprint density at radius 1 is 1.62 bits per heavy atom. The lowest BCUT2D eigenvalue weighted by Crippen LogP contribution is -2.41. The first-order valence-corrected chi connectivity index (χ1v) is 6.26. The molecule has 2 N–H and O–H groups in total. The Kier molecular flexibility index (Phi) is 4.89. The van der Waals surface area contributed by atoms with Gasteiger partial charge in [0, 0.05) is 18.3 Å². The first kappa shape index (κ1) is 13.1. The number of hydrogen-bond donors (Lipinski definition) is 2. The van der Waals surface area contributed by atoms with Gasteiger partial charge in [0.05, 0.1) is 10.7 Å². The number of thiazole rings is 1. The molecule has 1 aromatic rings. The summed E-state index contributed by atoms with van der Waals surface area (Å²) in [5.74, 6) is -0.695. The van der Waals surface area contributed by atoms with Gasteiger partial charge in [0.1, 0.15) is 6.04 Å². The predicted molar refractivity (Wildman–Crippen MR) is 64.8 cm³/mol. The third kappa shape index (κ3) is 3.90. The summed E-state index contributed by atoms with van der Waals surface area (Å²) in [6, 6.07) is -0.472. The zero-order chi connectivity index (χ0) is 12.1. The smallest absolute Gasteiger partial charge is 0.320 e. The van der Waals surface area contributed by atoms with Crippen LogP contribution in [0.15, 0.2) is 5.38 Å². The quantitative estimate of drug-likeness (QED) is 0.797. The maximum atomic E-state index is 10.9. The van der Waals surface area contributed by atoms with Crippen LogP contribution in [0.5, 0.6) is 0 Å². The van der Waals surface area contributed by atoms with Gasteiger partial charge in [-0.05, 0) is 12.8 Å². The van der Waals surface area contributed by atoms with E-state index in [9.17, 15) is 4.79 Å². The lowest BCUT2D eigenvalue weighted by atomic mass is 10.0. The van der Waals surface area contributed by atoms with Crippen molar-refractivity contribution in [3.63, 3.8) is 0 Å². The minimum atomic E-state index is -0.788. The van der Waals surface area contributed by atoms with Gasteiger partial charge in [-0.25, -0.2) is 4.98 Å². The third-order valence-electron chi connectivity index (χ3n) is 2.34. The summed E-state index contributed by atoms with van der Waals surface area (Å²) >= 11 is 1.62. The Balaban J connectivity index is 2.36. The highest BCUT2D eigenvalue weighted by Crippen LogP contribution is 2.08. The molecule has 1 atom stereocenters. The molecule has 0 amide bonds. The van der Waals surface area contributed by atoms with E-state index in [1.54, 1.807) is 11.3 Å². The second-order valence-corrected chi connectivity index (χ2v) is 5.18. The standard InChI is InChI=1S/C11H18N2O2S/c1-7(2)10(11(14)15)12-5-4-9-6-16-8(3)13-9/h6-7,10,12H,4-5H2,1-3H3,(H,14,15). The molecule has 0 radical (unpaired) electrons. The molecular formula is C11H18N2O2S. The molecule has 1 heterocycles. The molecule has 0 aromatic carbocycles. The first-order chi connectivity index (χ1) is 7.50. The minimum Gasteiger partial charge on any atom is -0.480 e. The van der Waals surface area contributed by atoms with Crippen LogP contribution < -0.4 is 5.32 Å². The number of aryl methyl sites for hydroxylation is 1. The second-order valence-electron chi connectivity index (χ2n) is 4.12. The number of hydrogen-bond acceptors (Lipinski definition) is 4. The van der Waals surface area contributed by atoms with Gasteiger partial charge in [-0.2, -0.15) is 0 Å². The van der Waals surface area contributed by atoms with Crippen molar-refractivity contribution >= 4 is 17.3 Å². The topological polar surface area (TPSA) is 62.2 Å². The number of aromatic nitrogens is 1. The summed E-state index contributed by atoms with van der Waals surface area (Å²) in [6.07, 6.45) is 0.779. The van der Waals surface area contributed by atoms with Crippen LogP contribution in [0, 0.1) is 12.8 Å². The highest BCUT2D eigenvalue weighted by Gasteiger charge is 2.20. The molecule has 90 valence electrons. The third-order valence-corrected chi connectivity index (χ3v) is 3.17. The van der Waals surface area contributed by atoms with Gasteiger partial charge in [0.15, 0.2) is 0 Å².